The second kappa shape index (κ2) is 4.65. The van der Waals surface area contributed by atoms with Gasteiger partial charge in [-0.3, -0.25) is 4.79 Å². The Bertz CT molecular complexity index is 779. The van der Waals surface area contributed by atoms with Gasteiger partial charge in [-0.15, -0.1) is 11.8 Å². The number of hydrogen-bond donors (Lipinski definition) is 2. The zero-order valence-electron chi connectivity index (χ0n) is 12.0. The third-order valence-corrected chi connectivity index (χ3v) is 8.34. The van der Waals surface area contributed by atoms with E-state index in [1.165, 1.54) is 41.0 Å². The molecule has 2 aliphatic carbocycles. The molecule has 0 saturated heterocycles. The van der Waals surface area contributed by atoms with Gasteiger partial charge in [-0.05, 0) is 54.7 Å². The molecule has 5 heteroatoms. The Morgan fingerprint density at radius 3 is 2.73 bits per heavy atom. The lowest BCUT2D eigenvalue weighted by Crippen LogP contribution is -2.33. The minimum absolute atomic E-state index is 0.0635. The lowest BCUT2D eigenvalue weighted by atomic mass is 9.75. The first-order valence-electron chi connectivity index (χ1n) is 7.89. The summed E-state index contributed by atoms with van der Waals surface area (Å²) in [5, 5.41) is 11.3. The summed E-state index contributed by atoms with van der Waals surface area (Å²) in [5.74, 6) is 2.89. The van der Waals surface area contributed by atoms with Gasteiger partial charge in [0.15, 0.2) is 0 Å². The van der Waals surface area contributed by atoms with Gasteiger partial charge < -0.3 is 10.1 Å². The zero-order chi connectivity index (χ0) is 14.8. The highest BCUT2D eigenvalue weighted by Gasteiger charge is 2.54. The van der Waals surface area contributed by atoms with Gasteiger partial charge in [0, 0.05) is 16.0 Å². The van der Waals surface area contributed by atoms with Crippen molar-refractivity contribution < 1.29 is 5.11 Å². The minimum Gasteiger partial charge on any atom is -0.508 e. The van der Waals surface area contributed by atoms with Crippen molar-refractivity contribution in [3.63, 3.8) is 0 Å². The van der Waals surface area contributed by atoms with Crippen LogP contribution in [0.15, 0.2) is 34.1 Å². The predicted octanol–water partition coefficient (Wildman–Crippen LogP) is 3.79. The first-order valence-corrected chi connectivity index (χ1v) is 9.59. The van der Waals surface area contributed by atoms with Crippen LogP contribution in [-0.2, 0) is 0 Å². The van der Waals surface area contributed by atoms with Crippen LogP contribution >= 0.6 is 23.1 Å². The second-order valence-corrected chi connectivity index (χ2v) is 8.97. The summed E-state index contributed by atoms with van der Waals surface area (Å²) in [6.07, 6.45) is 4.05. The van der Waals surface area contributed by atoms with Crippen LogP contribution in [0, 0.1) is 17.8 Å². The first-order chi connectivity index (χ1) is 10.7. The van der Waals surface area contributed by atoms with E-state index >= 15 is 0 Å². The molecule has 0 radical (unpaired) electrons. The fourth-order valence-corrected chi connectivity index (χ4v) is 7.80. The molecule has 3 aliphatic rings. The van der Waals surface area contributed by atoms with Gasteiger partial charge in [0.05, 0.1) is 5.03 Å². The molecule has 5 atom stereocenters. The molecular weight excluding hydrogens is 314 g/mol. The van der Waals surface area contributed by atoms with Crippen LogP contribution in [0.1, 0.15) is 35.6 Å². The maximum atomic E-state index is 11.9. The minimum atomic E-state index is 0.0635. The number of aromatic nitrogens is 1. The molecule has 2 heterocycles. The molecule has 1 aliphatic heterocycles. The molecule has 1 aromatic carbocycles. The summed E-state index contributed by atoms with van der Waals surface area (Å²) >= 11 is 3.30. The normalized spacial score (nSPS) is 35.4. The maximum absolute atomic E-state index is 11.9. The van der Waals surface area contributed by atoms with E-state index in [4.69, 9.17) is 0 Å². The Balaban J connectivity index is 1.68. The van der Waals surface area contributed by atoms with Crippen molar-refractivity contribution in [1.82, 2.24) is 4.98 Å². The summed E-state index contributed by atoms with van der Waals surface area (Å²) in [5.41, 5.74) is 1.25. The van der Waals surface area contributed by atoms with E-state index in [-0.39, 0.29) is 4.87 Å². The molecule has 0 unspecified atom stereocenters. The third-order valence-electron chi connectivity index (χ3n) is 5.72. The SMILES string of the molecule is O=c1[nH]c2c(s1)[C@@H](c1ccc(O)cc1)[C@@H]1[C@H]3CC[C@@H](C3)[C@H]1S2. The van der Waals surface area contributed by atoms with Crippen LogP contribution in [0.2, 0.25) is 0 Å². The number of H-pyrrole nitrogens is 1. The second-order valence-electron chi connectivity index (χ2n) is 6.77. The van der Waals surface area contributed by atoms with Gasteiger partial charge in [-0.1, -0.05) is 23.5 Å². The number of thiazole rings is 1. The van der Waals surface area contributed by atoms with E-state index < -0.39 is 0 Å². The van der Waals surface area contributed by atoms with Crippen LogP contribution in [0.3, 0.4) is 0 Å². The van der Waals surface area contributed by atoms with E-state index in [2.05, 4.69) is 4.98 Å². The Morgan fingerprint density at radius 1 is 1.14 bits per heavy atom. The zero-order valence-corrected chi connectivity index (χ0v) is 13.6. The molecule has 2 N–H and O–H groups in total. The van der Waals surface area contributed by atoms with Crippen molar-refractivity contribution in [2.24, 2.45) is 17.8 Å². The lowest BCUT2D eigenvalue weighted by molar-refractivity contribution is 0.307. The average molecular weight is 331 g/mol. The van der Waals surface area contributed by atoms with Crippen molar-refractivity contribution in [3.05, 3.63) is 44.4 Å². The highest BCUT2D eigenvalue weighted by atomic mass is 32.2. The smallest absolute Gasteiger partial charge is 0.305 e. The summed E-state index contributed by atoms with van der Waals surface area (Å²) in [6, 6.07) is 7.61. The number of nitrogens with one attached hydrogen (secondary N) is 1. The van der Waals surface area contributed by atoms with Crippen molar-refractivity contribution in [2.75, 3.05) is 0 Å². The predicted molar refractivity (Wildman–Crippen MR) is 88.9 cm³/mol. The van der Waals surface area contributed by atoms with E-state index in [0.717, 1.165) is 16.9 Å². The molecular formula is C17H17NO2S2. The van der Waals surface area contributed by atoms with Crippen LogP contribution in [0.4, 0.5) is 0 Å². The molecule has 1 aromatic heterocycles. The van der Waals surface area contributed by atoms with E-state index in [9.17, 15) is 9.90 Å². The molecule has 0 amide bonds. The van der Waals surface area contributed by atoms with Crippen molar-refractivity contribution in [3.8, 4) is 5.75 Å². The van der Waals surface area contributed by atoms with E-state index in [1.807, 2.05) is 23.9 Å². The first kappa shape index (κ1) is 13.3. The Morgan fingerprint density at radius 2 is 1.91 bits per heavy atom. The number of phenolic OH excluding ortho intramolecular Hbond substituents is 1. The van der Waals surface area contributed by atoms with E-state index in [0.29, 0.717) is 22.8 Å². The number of thioether (sulfide) groups is 1. The van der Waals surface area contributed by atoms with Gasteiger partial charge >= 0.3 is 4.87 Å². The molecule has 3 nitrogen and oxygen atoms in total. The van der Waals surface area contributed by atoms with Gasteiger partial charge in [-0.25, -0.2) is 0 Å². The highest BCUT2D eigenvalue weighted by Crippen LogP contribution is 2.63. The molecule has 22 heavy (non-hydrogen) atoms. The fourth-order valence-electron chi connectivity index (χ4n) is 4.90. The van der Waals surface area contributed by atoms with E-state index in [1.54, 1.807) is 12.1 Å². The van der Waals surface area contributed by atoms with Gasteiger partial charge in [-0.2, -0.15) is 0 Å². The summed E-state index contributed by atoms with van der Waals surface area (Å²) in [6.45, 7) is 0. The molecule has 0 spiro atoms. The molecule has 5 rings (SSSR count). The summed E-state index contributed by atoms with van der Waals surface area (Å²) in [4.78, 5) is 16.2. The Labute approximate surface area is 136 Å². The van der Waals surface area contributed by atoms with Crippen LogP contribution in [0.5, 0.6) is 5.75 Å². The quantitative estimate of drug-likeness (QED) is 0.836. The number of aromatic hydroxyl groups is 1. The Hall–Kier alpha value is -1.20. The number of benzene rings is 1. The van der Waals surface area contributed by atoms with Crippen molar-refractivity contribution in [2.45, 2.75) is 35.5 Å². The lowest BCUT2D eigenvalue weighted by Gasteiger charge is -2.40. The van der Waals surface area contributed by atoms with Gasteiger partial charge in [0.25, 0.3) is 0 Å². The molecule has 2 saturated carbocycles. The number of rotatable bonds is 1. The molecule has 2 fully saturated rings. The van der Waals surface area contributed by atoms with Crippen LogP contribution in [0.25, 0.3) is 0 Å². The van der Waals surface area contributed by atoms with Crippen LogP contribution < -0.4 is 4.87 Å². The number of phenols is 1. The largest absolute Gasteiger partial charge is 0.508 e. The average Bonchev–Trinajstić information content (AvgIpc) is 3.19. The molecule has 114 valence electrons. The summed E-state index contributed by atoms with van der Waals surface area (Å²) < 4.78 is 0. The topological polar surface area (TPSA) is 53.1 Å². The highest BCUT2D eigenvalue weighted by molar-refractivity contribution is 8.00. The summed E-state index contributed by atoms with van der Waals surface area (Å²) in [7, 11) is 0. The number of aromatic amines is 1. The Kier molecular flexibility index (Phi) is 2.80. The van der Waals surface area contributed by atoms with Crippen LogP contribution in [-0.4, -0.2) is 15.3 Å². The number of fused-ring (bicyclic) bond motifs is 6. The third kappa shape index (κ3) is 1.78. The van der Waals surface area contributed by atoms with Crippen molar-refractivity contribution in [1.29, 1.82) is 0 Å². The molecule has 2 bridgehead atoms. The fraction of sp³-hybridized carbons (Fsp3) is 0.471. The van der Waals surface area contributed by atoms with Crippen molar-refractivity contribution >= 4 is 23.1 Å². The number of hydrogen-bond acceptors (Lipinski definition) is 4. The van der Waals surface area contributed by atoms with Gasteiger partial charge in [0.1, 0.15) is 5.75 Å². The monoisotopic (exact) mass is 331 g/mol. The molecule has 2 aromatic rings. The standard InChI is InChI=1S/C17H17NO2S2/c19-11-5-3-8(4-6-11)12-13-9-1-2-10(7-9)14(13)21-16-15(12)22-17(20)18-16/h3-6,9-10,12-14,19H,1-2,7H2,(H,18,20)/t9-,10-,12-,13-,14+/m0/s1. The van der Waals surface area contributed by atoms with Gasteiger partial charge in [0.2, 0.25) is 0 Å². The maximum Gasteiger partial charge on any atom is 0.305 e.